The molecule has 1 aliphatic carbocycles. The molecule has 0 amide bonds. The van der Waals surface area contributed by atoms with Crippen LogP contribution in [0.1, 0.15) is 38.2 Å². The topological polar surface area (TPSA) is 12.0 Å². The van der Waals surface area contributed by atoms with Crippen LogP contribution in [0.25, 0.3) is 0 Å². The van der Waals surface area contributed by atoms with Gasteiger partial charge in [-0.15, -0.1) is 0 Å². The molecule has 0 saturated heterocycles. The lowest BCUT2D eigenvalue weighted by molar-refractivity contribution is 0.361. The van der Waals surface area contributed by atoms with Gasteiger partial charge in [0, 0.05) is 10.5 Å². The molecule has 1 saturated carbocycles. The van der Waals surface area contributed by atoms with E-state index in [4.69, 9.17) is 0 Å². The lowest BCUT2D eigenvalue weighted by Crippen LogP contribution is -2.34. The van der Waals surface area contributed by atoms with Crippen molar-refractivity contribution in [3.63, 3.8) is 0 Å². The molecule has 1 fully saturated rings. The smallest absolute Gasteiger partial charge is 0.124 e. The Bertz CT molecular complexity index is 401. The summed E-state index contributed by atoms with van der Waals surface area (Å²) in [4.78, 5) is 0. The van der Waals surface area contributed by atoms with Crippen molar-refractivity contribution in [1.29, 1.82) is 0 Å². The van der Waals surface area contributed by atoms with Gasteiger partial charge in [0.05, 0.1) is 0 Å². The third-order valence-electron chi connectivity index (χ3n) is 4.48. The van der Waals surface area contributed by atoms with Crippen LogP contribution in [-0.2, 0) is 6.42 Å². The van der Waals surface area contributed by atoms with Crippen LogP contribution in [0.4, 0.5) is 4.39 Å². The van der Waals surface area contributed by atoms with Gasteiger partial charge in [0.2, 0.25) is 0 Å². The predicted molar refractivity (Wildman–Crippen MR) is 81.8 cm³/mol. The summed E-state index contributed by atoms with van der Waals surface area (Å²) in [7, 11) is 2.03. The van der Waals surface area contributed by atoms with Crippen molar-refractivity contribution in [1.82, 2.24) is 5.32 Å². The molecule has 3 heteroatoms. The zero-order chi connectivity index (χ0) is 13.8. The number of likely N-dealkylation sites (N-methyl/N-ethyl adjacent to an activating group) is 1. The van der Waals surface area contributed by atoms with Crippen LogP contribution >= 0.6 is 15.9 Å². The molecule has 1 N–H and O–H groups in total. The fourth-order valence-electron chi connectivity index (χ4n) is 3.34. The molecule has 1 nitrogen and oxygen atoms in total. The summed E-state index contributed by atoms with van der Waals surface area (Å²) in [6.07, 6.45) is 6.18. The quantitative estimate of drug-likeness (QED) is 0.836. The van der Waals surface area contributed by atoms with Gasteiger partial charge >= 0.3 is 0 Å². The minimum Gasteiger partial charge on any atom is -0.316 e. The molecule has 0 aliphatic heterocycles. The Morgan fingerprint density at radius 3 is 2.74 bits per heavy atom. The first-order valence-corrected chi connectivity index (χ1v) is 8.04. The van der Waals surface area contributed by atoms with Gasteiger partial charge in [-0.1, -0.05) is 35.7 Å². The van der Waals surface area contributed by atoms with Crippen molar-refractivity contribution in [2.75, 3.05) is 7.05 Å². The van der Waals surface area contributed by atoms with Crippen LogP contribution in [-0.4, -0.2) is 13.1 Å². The highest BCUT2D eigenvalue weighted by Crippen LogP contribution is 2.35. The first kappa shape index (κ1) is 15.0. The van der Waals surface area contributed by atoms with Crippen LogP contribution < -0.4 is 5.32 Å². The number of benzene rings is 1. The molecule has 1 aliphatic rings. The van der Waals surface area contributed by atoms with Gasteiger partial charge in [-0.05, 0) is 61.9 Å². The van der Waals surface area contributed by atoms with E-state index in [9.17, 15) is 4.39 Å². The number of hydrogen-bond acceptors (Lipinski definition) is 1. The summed E-state index contributed by atoms with van der Waals surface area (Å²) in [5.74, 6) is 1.47. The molecule has 3 atom stereocenters. The average Bonchev–Trinajstić information content (AvgIpc) is 2.83. The second kappa shape index (κ2) is 6.85. The van der Waals surface area contributed by atoms with Crippen LogP contribution in [0.5, 0.6) is 0 Å². The van der Waals surface area contributed by atoms with E-state index in [1.807, 2.05) is 13.1 Å². The SMILES string of the molecule is CCC1CCC(C(Cc2cc(F)cc(Br)c2)NC)C1. The fourth-order valence-corrected chi connectivity index (χ4v) is 3.85. The van der Waals surface area contributed by atoms with Crippen molar-refractivity contribution in [3.8, 4) is 0 Å². The second-order valence-electron chi connectivity index (χ2n) is 5.72. The molecule has 0 spiro atoms. The van der Waals surface area contributed by atoms with Crippen molar-refractivity contribution < 1.29 is 4.39 Å². The summed E-state index contributed by atoms with van der Waals surface area (Å²) in [6, 6.07) is 5.66. The molecule has 19 heavy (non-hydrogen) atoms. The van der Waals surface area contributed by atoms with Crippen molar-refractivity contribution >= 4 is 15.9 Å². The summed E-state index contributed by atoms with van der Waals surface area (Å²) in [6.45, 7) is 2.28. The van der Waals surface area contributed by atoms with Gasteiger partial charge in [-0.3, -0.25) is 0 Å². The van der Waals surface area contributed by atoms with Crippen LogP contribution in [0, 0.1) is 17.7 Å². The molecule has 1 aromatic rings. The van der Waals surface area contributed by atoms with Crippen molar-refractivity contribution in [2.24, 2.45) is 11.8 Å². The third kappa shape index (κ3) is 4.03. The molecular formula is C16H23BrFN. The van der Waals surface area contributed by atoms with Gasteiger partial charge in [0.1, 0.15) is 5.82 Å². The molecule has 106 valence electrons. The van der Waals surface area contributed by atoms with Gasteiger partial charge in [0.15, 0.2) is 0 Å². The summed E-state index contributed by atoms with van der Waals surface area (Å²) >= 11 is 3.37. The standard InChI is InChI=1S/C16H23BrFN/c1-3-11-4-5-13(6-11)16(19-2)9-12-7-14(17)10-15(18)8-12/h7-8,10-11,13,16,19H,3-6,9H2,1-2H3. The first-order valence-electron chi connectivity index (χ1n) is 7.24. The zero-order valence-corrected chi connectivity index (χ0v) is 13.3. The van der Waals surface area contributed by atoms with Crippen LogP contribution in [0.2, 0.25) is 0 Å². The normalized spacial score (nSPS) is 24.6. The second-order valence-corrected chi connectivity index (χ2v) is 6.64. The van der Waals surface area contributed by atoms with Crippen LogP contribution in [0.15, 0.2) is 22.7 Å². The predicted octanol–water partition coefficient (Wildman–Crippen LogP) is 4.55. The third-order valence-corrected chi connectivity index (χ3v) is 4.93. The lowest BCUT2D eigenvalue weighted by Gasteiger charge is -2.23. The molecule has 0 heterocycles. The fraction of sp³-hybridized carbons (Fsp3) is 0.625. The van der Waals surface area contributed by atoms with E-state index >= 15 is 0 Å². The van der Waals surface area contributed by atoms with E-state index in [1.54, 1.807) is 6.07 Å². The number of rotatable bonds is 5. The highest BCUT2D eigenvalue weighted by atomic mass is 79.9. The van der Waals surface area contributed by atoms with E-state index in [2.05, 4.69) is 28.2 Å². The first-order chi connectivity index (χ1) is 9.12. The van der Waals surface area contributed by atoms with Gasteiger partial charge in [-0.2, -0.15) is 0 Å². The molecule has 0 bridgehead atoms. The Balaban J connectivity index is 2.02. The maximum atomic E-state index is 13.4. The van der Waals surface area contributed by atoms with Gasteiger partial charge in [-0.25, -0.2) is 4.39 Å². The molecule has 0 aromatic heterocycles. The minimum absolute atomic E-state index is 0.155. The van der Waals surface area contributed by atoms with Gasteiger partial charge in [0.25, 0.3) is 0 Å². The number of hydrogen-bond donors (Lipinski definition) is 1. The Hall–Kier alpha value is -0.410. The highest BCUT2D eigenvalue weighted by Gasteiger charge is 2.29. The summed E-state index contributed by atoms with van der Waals surface area (Å²) in [5.41, 5.74) is 1.08. The molecule has 1 aromatic carbocycles. The van der Waals surface area contributed by atoms with E-state index in [-0.39, 0.29) is 5.82 Å². The maximum absolute atomic E-state index is 13.4. The van der Waals surface area contributed by atoms with E-state index in [0.29, 0.717) is 6.04 Å². The van der Waals surface area contributed by atoms with E-state index in [1.165, 1.54) is 31.7 Å². The molecule has 2 rings (SSSR count). The van der Waals surface area contributed by atoms with Crippen LogP contribution in [0.3, 0.4) is 0 Å². The Kier molecular flexibility index (Phi) is 5.40. The maximum Gasteiger partial charge on any atom is 0.124 e. The lowest BCUT2D eigenvalue weighted by atomic mass is 9.91. The highest BCUT2D eigenvalue weighted by molar-refractivity contribution is 9.10. The minimum atomic E-state index is -0.155. The summed E-state index contributed by atoms with van der Waals surface area (Å²) < 4.78 is 14.3. The summed E-state index contributed by atoms with van der Waals surface area (Å²) in [5, 5.41) is 3.44. The van der Waals surface area contributed by atoms with Crippen molar-refractivity contribution in [3.05, 3.63) is 34.1 Å². The van der Waals surface area contributed by atoms with E-state index in [0.717, 1.165) is 28.3 Å². The zero-order valence-electron chi connectivity index (χ0n) is 11.8. The van der Waals surface area contributed by atoms with E-state index < -0.39 is 0 Å². The van der Waals surface area contributed by atoms with Crippen molar-refractivity contribution in [2.45, 2.75) is 45.1 Å². The average molecular weight is 328 g/mol. The number of halogens is 2. The Labute approximate surface area is 124 Å². The Morgan fingerprint density at radius 2 is 2.16 bits per heavy atom. The largest absolute Gasteiger partial charge is 0.316 e. The molecular weight excluding hydrogens is 305 g/mol. The molecule has 3 unspecified atom stereocenters. The van der Waals surface area contributed by atoms with Gasteiger partial charge < -0.3 is 5.32 Å². The number of nitrogens with one attached hydrogen (secondary N) is 1. The molecule has 0 radical (unpaired) electrons. The Morgan fingerprint density at radius 1 is 1.37 bits per heavy atom. The monoisotopic (exact) mass is 327 g/mol.